The summed E-state index contributed by atoms with van der Waals surface area (Å²) in [7, 11) is 0. The third-order valence-corrected chi connectivity index (χ3v) is 4.73. The first kappa shape index (κ1) is 18.6. The number of rotatable bonds is 6. The summed E-state index contributed by atoms with van der Waals surface area (Å²) >= 11 is 0. The highest BCUT2D eigenvalue weighted by molar-refractivity contribution is 5.75. The molecule has 1 saturated heterocycles. The first-order chi connectivity index (χ1) is 13.6. The van der Waals surface area contributed by atoms with Crippen LogP contribution in [-0.2, 0) is 4.74 Å². The van der Waals surface area contributed by atoms with Crippen molar-refractivity contribution in [3.05, 3.63) is 52.5 Å². The van der Waals surface area contributed by atoms with Crippen molar-refractivity contribution in [3.8, 4) is 5.69 Å². The summed E-state index contributed by atoms with van der Waals surface area (Å²) in [5.74, 6) is 0.102. The molecular weight excluding hydrogens is 365 g/mol. The van der Waals surface area contributed by atoms with Gasteiger partial charge in [-0.3, -0.25) is 9.69 Å². The van der Waals surface area contributed by atoms with Crippen molar-refractivity contribution in [2.24, 2.45) is 0 Å². The van der Waals surface area contributed by atoms with Crippen LogP contribution in [0.15, 0.2) is 35.3 Å². The molecule has 8 nitrogen and oxygen atoms in total. The molecule has 0 bridgehead atoms. The van der Waals surface area contributed by atoms with Crippen molar-refractivity contribution in [2.75, 3.05) is 39.5 Å². The van der Waals surface area contributed by atoms with Crippen LogP contribution in [0.25, 0.3) is 16.7 Å². The van der Waals surface area contributed by atoms with Crippen molar-refractivity contribution >= 4 is 11.0 Å². The number of ether oxygens (including phenoxy) is 1. The van der Waals surface area contributed by atoms with Gasteiger partial charge in [-0.1, -0.05) is 0 Å². The fraction of sp³-hybridized carbons (Fsp3) is 0.421. The van der Waals surface area contributed by atoms with E-state index in [4.69, 9.17) is 9.57 Å². The van der Waals surface area contributed by atoms with Gasteiger partial charge in [0.2, 0.25) is 0 Å². The Morgan fingerprint density at radius 1 is 1.21 bits per heavy atom. The van der Waals surface area contributed by atoms with Gasteiger partial charge < -0.3 is 9.57 Å². The topological polar surface area (TPSA) is 74.4 Å². The number of fused-ring (bicyclic) bond motifs is 1. The Balaban J connectivity index is 1.50. The Hall–Kier alpha value is -2.78. The van der Waals surface area contributed by atoms with Gasteiger partial charge >= 0.3 is 0 Å². The first-order valence-electron chi connectivity index (χ1n) is 9.30. The molecule has 1 aliphatic heterocycles. The zero-order valence-electron chi connectivity index (χ0n) is 15.7. The molecule has 0 amide bonds. The van der Waals surface area contributed by atoms with Crippen LogP contribution in [-0.4, -0.2) is 63.8 Å². The van der Waals surface area contributed by atoms with Crippen LogP contribution in [0.1, 0.15) is 12.2 Å². The monoisotopic (exact) mass is 387 g/mol. The largest absolute Gasteiger partial charge is 0.409 e. The minimum Gasteiger partial charge on any atom is -0.409 e. The maximum Gasteiger partial charge on any atom is 0.297 e. The lowest BCUT2D eigenvalue weighted by molar-refractivity contribution is 0.0295. The van der Waals surface area contributed by atoms with Gasteiger partial charge in [-0.05, 0) is 37.6 Å². The van der Waals surface area contributed by atoms with Crippen molar-refractivity contribution < 1.29 is 14.0 Å². The summed E-state index contributed by atoms with van der Waals surface area (Å²) in [6.45, 7) is 6.40. The highest BCUT2D eigenvalue weighted by atomic mass is 19.1. The minimum absolute atomic E-state index is 0.303. The van der Waals surface area contributed by atoms with Gasteiger partial charge in [-0.15, -0.1) is 4.73 Å². The van der Waals surface area contributed by atoms with E-state index < -0.39 is 0 Å². The van der Waals surface area contributed by atoms with Crippen LogP contribution in [0.4, 0.5) is 4.39 Å². The maximum absolute atomic E-state index is 13.2. The molecule has 0 unspecified atom stereocenters. The second kappa shape index (κ2) is 8.07. The summed E-state index contributed by atoms with van der Waals surface area (Å²) < 4.78 is 21.2. The summed E-state index contributed by atoms with van der Waals surface area (Å²) in [5.41, 5.74) is 0.747. The molecule has 0 aliphatic carbocycles. The second-order valence-corrected chi connectivity index (χ2v) is 6.67. The van der Waals surface area contributed by atoms with Crippen LogP contribution in [0.3, 0.4) is 0 Å². The lowest BCUT2D eigenvalue weighted by Gasteiger charge is -2.26. The van der Waals surface area contributed by atoms with Gasteiger partial charge in [-0.25, -0.2) is 14.1 Å². The molecule has 0 atom stereocenters. The van der Waals surface area contributed by atoms with E-state index in [2.05, 4.69) is 15.0 Å². The van der Waals surface area contributed by atoms with Gasteiger partial charge in [0.15, 0.2) is 5.65 Å². The smallest absolute Gasteiger partial charge is 0.297 e. The quantitative estimate of drug-likeness (QED) is 0.592. The van der Waals surface area contributed by atoms with E-state index in [0.29, 0.717) is 29.2 Å². The molecule has 1 aliphatic rings. The molecule has 9 heteroatoms. The Morgan fingerprint density at radius 2 is 1.96 bits per heavy atom. The third-order valence-electron chi connectivity index (χ3n) is 4.73. The number of morpholine rings is 1. The number of nitrogens with zero attached hydrogens (tertiary/aromatic N) is 5. The van der Waals surface area contributed by atoms with Crippen molar-refractivity contribution in [3.63, 3.8) is 0 Å². The summed E-state index contributed by atoms with van der Waals surface area (Å²) in [4.78, 5) is 25.3. The molecule has 148 valence electrons. The zero-order chi connectivity index (χ0) is 19.5. The fourth-order valence-corrected chi connectivity index (χ4v) is 3.25. The molecule has 0 radical (unpaired) electrons. The van der Waals surface area contributed by atoms with Crippen LogP contribution in [0.5, 0.6) is 0 Å². The number of aromatic nitrogens is 4. The van der Waals surface area contributed by atoms with Crippen molar-refractivity contribution in [2.45, 2.75) is 13.3 Å². The molecule has 1 fully saturated rings. The zero-order valence-corrected chi connectivity index (χ0v) is 15.7. The number of hydrogen-bond acceptors (Lipinski definition) is 6. The van der Waals surface area contributed by atoms with Gasteiger partial charge in [0, 0.05) is 19.6 Å². The molecule has 1 aromatic carbocycles. The summed E-state index contributed by atoms with van der Waals surface area (Å²) in [6.07, 6.45) is 2.26. The molecule has 2 aromatic heterocycles. The number of aryl methyl sites for hydroxylation is 1. The predicted octanol–water partition coefficient (Wildman–Crippen LogP) is 1.18. The summed E-state index contributed by atoms with van der Waals surface area (Å²) in [5, 5.41) is 4.59. The Kier molecular flexibility index (Phi) is 5.36. The van der Waals surface area contributed by atoms with Gasteiger partial charge in [-0.2, -0.15) is 5.10 Å². The average molecular weight is 387 g/mol. The number of benzene rings is 1. The van der Waals surface area contributed by atoms with Gasteiger partial charge in [0.1, 0.15) is 23.6 Å². The van der Waals surface area contributed by atoms with Crippen LogP contribution in [0, 0.1) is 12.7 Å². The Labute approximate surface area is 161 Å². The number of hydrogen-bond donors (Lipinski definition) is 0. The van der Waals surface area contributed by atoms with E-state index in [0.717, 1.165) is 39.3 Å². The first-order valence-corrected chi connectivity index (χ1v) is 9.30. The average Bonchev–Trinajstić information content (AvgIpc) is 3.12. The highest BCUT2D eigenvalue weighted by Crippen LogP contribution is 2.14. The lowest BCUT2D eigenvalue weighted by atomic mass is 10.3. The molecule has 28 heavy (non-hydrogen) atoms. The van der Waals surface area contributed by atoms with Crippen molar-refractivity contribution in [1.29, 1.82) is 0 Å². The molecule has 3 heterocycles. The molecule has 0 N–H and O–H groups in total. The van der Waals surface area contributed by atoms with E-state index in [1.807, 2.05) is 0 Å². The molecule has 3 aromatic rings. The third kappa shape index (κ3) is 3.76. The van der Waals surface area contributed by atoms with Gasteiger partial charge in [0.05, 0.1) is 25.1 Å². The minimum atomic E-state index is -0.336. The van der Waals surface area contributed by atoms with Crippen LogP contribution < -0.4 is 10.4 Å². The standard InChI is InChI=1S/C19H22FN5O3/c1-14-22-18-17(13-21-24(18)16-5-3-15(20)4-6-16)19(26)25(14)28-10-2-7-23-8-11-27-12-9-23/h3-6,13H,2,7-12H2,1H3. The second-order valence-electron chi connectivity index (χ2n) is 6.67. The van der Waals surface area contributed by atoms with Crippen LogP contribution in [0.2, 0.25) is 0 Å². The normalized spacial score (nSPS) is 15.2. The highest BCUT2D eigenvalue weighted by Gasteiger charge is 2.15. The lowest BCUT2D eigenvalue weighted by Crippen LogP contribution is -2.38. The van der Waals surface area contributed by atoms with Crippen molar-refractivity contribution in [1.82, 2.24) is 24.4 Å². The Morgan fingerprint density at radius 3 is 2.71 bits per heavy atom. The summed E-state index contributed by atoms with van der Waals surface area (Å²) in [6, 6.07) is 5.86. The Bertz CT molecular complexity index is 1010. The molecular formula is C19H22FN5O3. The maximum atomic E-state index is 13.2. The van der Waals surface area contributed by atoms with E-state index >= 15 is 0 Å². The SMILES string of the molecule is Cc1nc2c(cnn2-c2ccc(F)cc2)c(=O)n1OCCCN1CCOCC1. The fourth-order valence-electron chi connectivity index (χ4n) is 3.25. The van der Waals surface area contributed by atoms with E-state index in [-0.39, 0.29) is 11.4 Å². The van der Waals surface area contributed by atoms with E-state index in [1.165, 1.54) is 27.7 Å². The predicted molar refractivity (Wildman–Crippen MR) is 101 cm³/mol. The molecule has 4 rings (SSSR count). The van der Waals surface area contributed by atoms with Gasteiger partial charge in [0.25, 0.3) is 5.56 Å². The van der Waals surface area contributed by atoms with E-state index in [9.17, 15) is 9.18 Å². The van der Waals surface area contributed by atoms with E-state index in [1.54, 1.807) is 19.1 Å². The molecule has 0 spiro atoms. The number of halogens is 1. The molecule has 0 saturated carbocycles. The van der Waals surface area contributed by atoms with Crippen LogP contribution >= 0.6 is 0 Å².